The van der Waals surface area contributed by atoms with E-state index < -0.39 is 0 Å². The van der Waals surface area contributed by atoms with E-state index in [2.05, 4.69) is 16.7 Å². The third-order valence-corrected chi connectivity index (χ3v) is 3.21. The predicted molar refractivity (Wildman–Crippen MR) is 76.6 cm³/mol. The van der Waals surface area contributed by atoms with Crippen LogP contribution >= 0.6 is 0 Å². The van der Waals surface area contributed by atoms with E-state index in [-0.39, 0.29) is 0 Å². The van der Waals surface area contributed by atoms with Crippen molar-refractivity contribution < 1.29 is 0 Å². The number of aromatic nitrogens is 1. The highest BCUT2D eigenvalue weighted by Crippen LogP contribution is 2.20. The summed E-state index contributed by atoms with van der Waals surface area (Å²) in [6.45, 7) is 0.739. The second kappa shape index (κ2) is 4.51. The largest absolute Gasteiger partial charge is 0.399 e. The van der Waals surface area contributed by atoms with Gasteiger partial charge in [-0.2, -0.15) is 5.26 Å². The molecule has 3 aromatic rings. The SMILES string of the molecule is N#Cc1cccc(Cn2ccc3ccc(N)cc32)c1. The summed E-state index contributed by atoms with van der Waals surface area (Å²) in [4.78, 5) is 0. The van der Waals surface area contributed by atoms with Gasteiger partial charge in [0, 0.05) is 18.4 Å². The lowest BCUT2D eigenvalue weighted by Gasteiger charge is -2.06. The molecule has 2 aromatic carbocycles. The number of benzene rings is 2. The molecule has 1 aromatic heterocycles. The van der Waals surface area contributed by atoms with Crippen LogP contribution < -0.4 is 5.73 Å². The highest BCUT2D eigenvalue weighted by atomic mass is 14.9. The number of rotatable bonds is 2. The number of nitrogens with zero attached hydrogens (tertiary/aromatic N) is 2. The van der Waals surface area contributed by atoms with Crippen LogP contribution in [0.25, 0.3) is 10.9 Å². The zero-order valence-corrected chi connectivity index (χ0v) is 10.4. The molecule has 3 rings (SSSR count). The van der Waals surface area contributed by atoms with E-state index in [1.165, 1.54) is 5.39 Å². The van der Waals surface area contributed by atoms with Gasteiger partial charge in [0.25, 0.3) is 0 Å². The molecule has 2 N–H and O–H groups in total. The van der Waals surface area contributed by atoms with Crippen molar-refractivity contribution >= 4 is 16.6 Å². The average molecular weight is 247 g/mol. The van der Waals surface area contributed by atoms with Gasteiger partial charge in [0.1, 0.15) is 0 Å². The first kappa shape index (κ1) is 11.4. The van der Waals surface area contributed by atoms with E-state index in [0.29, 0.717) is 5.56 Å². The maximum atomic E-state index is 8.92. The van der Waals surface area contributed by atoms with Crippen LogP contribution in [0.4, 0.5) is 5.69 Å². The summed E-state index contributed by atoms with van der Waals surface area (Å²) in [5.74, 6) is 0. The Bertz CT molecular complexity index is 778. The highest BCUT2D eigenvalue weighted by Gasteiger charge is 2.03. The standard InChI is InChI=1S/C16H13N3/c17-10-12-2-1-3-13(8-12)11-19-7-6-14-4-5-15(18)9-16(14)19/h1-9H,11,18H2. The summed E-state index contributed by atoms with van der Waals surface area (Å²) < 4.78 is 2.14. The molecule has 0 spiro atoms. The number of nitrogen functional groups attached to an aromatic ring is 1. The molecule has 0 fully saturated rings. The van der Waals surface area contributed by atoms with Crippen molar-refractivity contribution in [2.75, 3.05) is 5.73 Å². The van der Waals surface area contributed by atoms with Crippen LogP contribution in [-0.4, -0.2) is 4.57 Å². The van der Waals surface area contributed by atoms with E-state index in [0.717, 1.165) is 23.3 Å². The third kappa shape index (κ3) is 2.16. The maximum absolute atomic E-state index is 8.92. The van der Waals surface area contributed by atoms with Gasteiger partial charge >= 0.3 is 0 Å². The summed E-state index contributed by atoms with van der Waals surface area (Å²) in [7, 11) is 0. The normalized spacial score (nSPS) is 10.5. The van der Waals surface area contributed by atoms with Crippen molar-refractivity contribution in [3.63, 3.8) is 0 Å². The second-order valence-electron chi connectivity index (χ2n) is 4.57. The Labute approximate surface area is 111 Å². The smallest absolute Gasteiger partial charge is 0.0991 e. The van der Waals surface area contributed by atoms with Crippen molar-refractivity contribution in [1.29, 1.82) is 5.26 Å². The second-order valence-corrected chi connectivity index (χ2v) is 4.57. The molecule has 0 aliphatic heterocycles. The van der Waals surface area contributed by atoms with Gasteiger partial charge in [-0.3, -0.25) is 0 Å². The van der Waals surface area contributed by atoms with Crippen molar-refractivity contribution in [3.05, 3.63) is 65.9 Å². The number of nitrogens with two attached hydrogens (primary N) is 1. The lowest BCUT2D eigenvalue weighted by Crippen LogP contribution is -1.98. The monoisotopic (exact) mass is 247 g/mol. The molecular formula is C16H13N3. The maximum Gasteiger partial charge on any atom is 0.0991 e. The van der Waals surface area contributed by atoms with Gasteiger partial charge in [0.15, 0.2) is 0 Å². The molecule has 0 unspecified atom stereocenters. The minimum atomic E-state index is 0.688. The van der Waals surface area contributed by atoms with Crippen molar-refractivity contribution in [1.82, 2.24) is 4.57 Å². The van der Waals surface area contributed by atoms with Crippen LogP contribution in [-0.2, 0) is 6.54 Å². The number of hydrogen-bond acceptors (Lipinski definition) is 2. The first-order chi connectivity index (χ1) is 9.26. The Hall–Kier alpha value is -2.73. The zero-order chi connectivity index (χ0) is 13.2. The molecule has 3 nitrogen and oxygen atoms in total. The molecule has 0 amide bonds. The summed E-state index contributed by atoms with van der Waals surface area (Å²) in [5.41, 5.74) is 9.51. The molecule has 0 saturated heterocycles. The van der Waals surface area contributed by atoms with Crippen molar-refractivity contribution in [2.45, 2.75) is 6.54 Å². The van der Waals surface area contributed by atoms with Gasteiger partial charge in [0.05, 0.1) is 17.1 Å². The van der Waals surface area contributed by atoms with Crippen LogP contribution in [0.5, 0.6) is 0 Å². The molecular weight excluding hydrogens is 234 g/mol. The van der Waals surface area contributed by atoms with Crippen molar-refractivity contribution in [2.24, 2.45) is 0 Å². The molecule has 1 heterocycles. The lowest BCUT2D eigenvalue weighted by molar-refractivity contribution is 0.836. The molecule has 3 heteroatoms. The Morgan fingerprint density at radius 3 is 2.84 bits per heavy atom. The Morgan fingerprint density at radius 1 is 1.11 bits per heavy atom. The fourth-order valence-electron chi connectivity index (χ4n) is 2.27. The number of hydrogen-bond donors (Lipinski definition) is 1. The molecule has 0 radical (unpaired) electrons. The fraction of sp³-hybridized carbons (Fsp3) is 0.0625. The first-order valence-corrected chi connectivity index (χ1v) is 6.10. The van der Waals surface area contributed by atoms with Crippen LogP contribution in [0.15, 0.2) is 54.7 Å². The summed E-state index contributed by atoms with van der Waals surface area (Å²) in [6, 6.07) is 17.8. The van der Waals surface area contributed by atoms with E-state index in [9.17, 15) is 0 Å². The minimum Gasteiger partial charge on any atom is -0.399 e. The molecule has 0 bridgehead atoms. The summed E-state index contributed by atoms with van der Waals surface area (Å²) in [6.07, 6.45) is 2.04. The van der Waals surface area contributed by atoms with Crippen LogP contribution in [0.1, 0.15) is 11.1 Å². The van der Waals surface area contributed by atoms with Gasteiger partial charge in [-0.25, -0.2) is 0 Å². The molecule has 92 valence electrons. The quantitative estimate of drug-likeness (QED) is 0.707. The Morgan fingerprint density at radius 2 is 2.00 bits per heavy atom. The first-order valence-electron chi connectivity index (χ1n) is 6.10. The number of nitriles is 1. The number of anilines is 1. The van der Waals surface area contributed by atoms with E-state index >= 15 is 0 Å². The Kier molecular flexibility index (Phi) is 2.70. The number of fused-ring (bicyclic) bond motifs is 1. The fourth-order valence-corrected chi connectivity index (χ4v) is 2.27. The average Bonchev–Trinajstić information content (AvgIpc) is 2.81. The van der Waals surface area contributed by atoms with Gasteiger partial charge < -0.3 is 10.3 Å². The zero-order valence-electron chi connectivity index (χ0n) is 10.4. The molecule has 0 saturated carbocycles. The highest BCUT2D eigenvalue weighted by molar-refractivity contribution is 5.83. The van der Waals surface area contributed by atoms with Gasteiger partial charge in [0.2, 0.25) is 0 Å². The van der Waals surface area contributed by atoms with Crippen LogP contribution in [0.2, 0.25) is 0 Å². The van der Waals surface area contributed by atoms with E-state index in [1.54, 1.807) is 0 Å². The third-order valence-electron chi connectivity index (χ3n) is 3.21. The minimum absolute atomic E-state index is 0.688. The van der Waals surface area contributed by atoms with E-state index in [1.807, 2.05) is 48.7 Å². The summed E-state index contributed by atoms with van der Waals surface area (Å²) in [5, 5.41) is 10.1. The van der Waals surface area contributed by atoms with Gasteiger partial charge in [-0.05, 0) is 41.3 Å². The summed E-state index contributed by atoms with van der Waals surface area (Å²) >= 11 is 0. The van der Waals surface area contributed by atoms with Crippen LogP contribution in [0, 0.1) is 11.3 Å². The molecule has 0 aliphatic rings. The van der Waals surface area contributed by atoms with Crippen molar-refractivity contribution in [3.8, 4) is 6.07 Å². The molecule has 0 aliphatic carbocycles. The predicted octanol–water partition coefficient (Wildman–Crippen LogP) is 3.14. The van der Waals surface area contributed by atoms with Crippen LogP contribution in [0.3, 0.4) is 0 Å². The molecule has 0 atom stereocenters. The van der Waals surface area contributed by atoms with E-state index in [4.69, 9.17) is 11.0 Å². The lowest BCUT2D eigenvalue weighted by atomic mass is 10.1. The van der Waals surface area contributed by atoms with Gasteiger partial charge in [-0.1, -0.05) is 18.2 Å². The van der Waals surface area contributed by atoms with Gasteiger partial charge in [-0.15, -0.1) is 0 Å². The topological polar surface area (TPSA) is 54.7 Å². The molecule has 19 heavy (non-hydrogen) atoms. The Balaban J connectivity index is 2.01.